The maximum Gasteiger partial charge on any atom is 0.261 e. The molecule has 0 aliphatic rings. The van der Waals surface area contributed by atoms with Crippen molar-refractivity contribution in [3.63, 3.8) is 0 Å². The van der Waals surface area contributed by atoms with Crippen LogP contribution in [-0.2, 0) is 22.6 Å². The van der Waals surface area contributed by atoms with Crippen molar-refractivity contribution in [2.24, 2.45) is 0 Å². The first-order chi connectivity index (χ1) is 17.0. The molecule has 184 valence electrons. The summed E-state index contributed by atoms with van der Waals surface area (Å²) in [6.45, 7) is 4.89. The SMILES string of the molecule is CCCCNC(=O)[C@@H](Cc1ccccc1)N(Cc1cccc(C)c1)C(=O)COc1ccc(I)cc1. The summed E-state index contributed by atoms with van der Waals surface area (Å²) in [4.78, 5) is 28.6. The summed E-state index contributed by atoms with van der Waals surface area (Å²) in [5.41, 5.74) is 3.09. The Hall–Kier alpha value is -2.87. The number of halogens is 1. The van der Waals surface area contributed by atoms with Crippen molar-refractivity contribution in [1.29, 1.82) is 0 Å². The second kappa shape index (κ2) is 13.9. The summed E-state index contributed by atoms with van der Waals surface area (Å²) in [5.74, 6) is 0.260. The zero-order valence-electron chi connectivity index (χ0n) is 20.4. The molecular formula is C29H33IN2O3. The lowest BCUT2D eigenvalue weighted by Crippen LogP contribution is -2.51. The second-order valence-electron chi connectivity index (χ2n) is 8.60. The van der Waals surface area contributed by atoms with E-state index in [0.29, 0.717) is 25.3 Å². The Balaban J connectivity index is 1.87. The van der Waals surface area contributed by atoms with Crippen molar-refractivity contribution in [3.8, 4) is 5.75 Å². The molecule has 0 bridgehead atoms. The van der Waals surface area contributed by atoms with E-state index in [1.54, 1.807) is 4.90 Å². The third-order valence-electron chi connectivity index (χ3n) is 5.71. The van der Waals surface area contributed by atoms with Crippen molar-refractivity contribution < 1.29 is 14.3 Å². The third kappa shape index (κ3) is 8.69. The van der Waals surface area contributed by atoms with Crippen LogP contribution in [-0.4, -0.2) is 35.9 Å². The van der Waals surface area contributed by atoms with E-state index in [1.807, 2.05) is 79.7 Å². The summed E-state index contributed by atoms with van der Waals surface area (Å²) < 4.78 is 6.91. The molecule has 0 fully saturated rings. The van der Waals surface area contributed by atoms with Crippen molar-refractivity contribution >= 4 is 34.4 Å². The molecule has 3 rings (SSSR count). The Morgan fingerprint density at radius 1 is 0.971 bits per heavy atom. The Bertz CT molecular complexity index is 1090. The van der Waals surface area contributed by atoms with Crippen molar-refractivity contribution in [1.82, 2.24) is 10.2 Å². The number of amides is 2. The Labute approximate surface area is 222 Å². The highest BCUT2D eigenvalue weighted by Crippen LogP contribution is 2.18. The van der Waals surface area contributed by atoms with E-state index in [2.05, 4.69) is 40.9 Å². The number of nitrogens with one attached hydrogen (secondary N) is 1. The van der Waals surface area contributed by atoms with Gasteiger partial charge in [0.25, 0.3) is 5.91 Å². The van der Waals surface area contributed by atoms with Gasteiger partial charge in [0.15, 0.2) is 6.61 Å². The number of rotatable bonds is 12. The lowest BCUT2D eigenvalue weighted by atomic mass is 10.0. The largest absolute Gasteiger partial charge is 0.484 e. The average Bonchev–Trinajstić information content (AvgIpc) is 2.86. The molecule has 0 aromatic heterocycles. The van der Waals surface area contributed by atoms with E-state index in [9.17, 15) is 9.59 Å². The fourth-order valence-corrected chi connectivity index (χ4v) is 4.19. The van der Waals surface area contributed by atoms with Crippen LogP contribution in [0.4, 0.5) is 0 Å². The van der Waals surface area contributed by atoms with Crippen LogP contribution in [0, 0.1) is 10.5 Å². The van der Waals surface area contributed by atoms with E-state index >= 15 is 0 Å². The quantitative estimate of drug-likeness (QED) is 0.225. The molecule has 1 N–H and O–H groups in total. The van der Waals surface area contributed by atoms with Crippen molar-refractivity contribution in [2.75, 3.05) is 13.2 Å². The molecule has 3 aromatic rings. The van der Waals surface area contributed by atoms with E-state index in [1.165, 1.54) is 0 Å². The van der Waals surface area contributed by atoms with Crippen LogP contribution >= 0.6 is 22.6 Å². The van der Waals surface area contributed by atoms with E-state index in [4.69, 9.17) is 4.74 Å². The van der Waals surface area contributed by atoms with Gasteiger partial charge in [0.1, 0.15) is 11.8 Å². The minimum atomic E-state index is -0.650. The number of carbonyl (C=O) groups excluding carboxylic acids is 2. The molecule has 35 heavy (non-hydrogen) atoms. The molecule has 0 radical (unpaired) electrons. The van der Waals surface area contributed by atoms with Crippen LogP contribution in [0.3, 0.4) is 0 Å². The zero-order valence-corrected chi connectivity index (χ0v) is 22.5. The summed E-state index contributed by atoms with van der Waals surface area (Å²) in [5, 5.41) is 3.04. The predicted molar refractivity (Wildman–Crippen MR) is 148 cm³/mol. The van der Waals surface area contributed by atoms with Gasteiger partial charge in [-0.2, -0.15) is 0 Å². The van der Waals surface area contributed by atoms with Gasteiger partial charge in [0, 0.05) is 23.1 Å². The first-order valence-corrected chi connectivity index (χ1v) is 13.1. The van der Waals surface area contributed by atoms with Crippen LogP contribution in [0.25, 0.3) is 0 Å². The minimum Gasteiger partial charge on any atom is -0.484 e. The fourth-order valence-electron chi connectivity index (χ4n) is 3.83. The van der Waals surface area contributed by atoms with Crippen LogP contribution in [0.1, 0.15) is 36.5 Å². The van der Waals surface area contributed by atoms with Crippen LogP contribution in [0.2, 0.25) is 0 Å². The van der Waals surface area contributed by atoms with Crippen LogP contribution in [0.5, 0.6) is 5.75 Å². The number of hydrogen-bond donors (Lipinski definition) is 1. The Morgan fingerprint density at radius 2 is 1.69 bits per heavy atom. The molecule has 0 spiro atoms. The van der Waals surface area contributed by atoms with E-state index < -0.39 is 6.04 Å². The molecular weight excluding hydrogens is 551 g/mol. The van der Waals surface area contributed by atoms with Crippen LogP contribution in [0.15, 0.2) is 78.9 Å². The molecule has 0 saturated carbocycles. The highest BCUT2D eigenvalue weighted by Gasteiger charge is 2.30. The summed E-state index contributed by atoms with van der Waals surface area (Å²) in [6.07, 6.45) is 2.31. The highest BCUT2D eigenvalue weighted by molar-refractivity contribution is 14.1. The lowest BCUT2D eigenvalue weighted by Gasteiger charge is -2.31. The molecule has 0 aliphatic heterocycles. The standard InChI is InChI=1S/C29H33IN2O3/c1-3-4-17-31-29(34)27(19-23-10-6-5-7-11-23)32(20-24-12-8-9-22(2)18-24)28(33)21-35-26-15-13-25(30)14-16-26/h5-16,18,27H,3-4,17,19-21H2,1-2H3,(H,31,34)/t27-/m1/s1. The van der Waals surface area contributed by atoms with Gasteiger partial charge in [0.05, 0.1) is 0 Å². The fraction of sp³-hybridized carbons (Fsp3) is 0.310. The van der Waals surface area contributed by atoms with Crippen molar-refractivity contribution in [3.05, 3.63) is 99.1 Å². The van der Waals surface area contributed by atoms with Gasteiger partial charge in [0.2, 0.25) is 5.91 Å². The topological polar surface area (TPSA) is 58.6 Å². The van der Waals surface area contributed by atoms with E-state index in [-0.39, 0.29) is 18.4 Å². The van der Waals surface area contributed by atoms with Gasteiger partial charge in [-0.3, -0.25) is 9.59 Å². The minimum absolute atomic E-state index is 0.139. The summed E-state index contributed by atoms with van der Waals surface area (Å²) >= 11 is 2.23. The first-order valence-electron chi connectivity index (χ1n) is 12.0. The molecule has 0 aliphatic carbocycles. The number of hydrogen-bond acceptors (Lipinski definition) is 3. The molecule has 0 unspecified atom stereocenters. The number of ether oxygens (including phenoxy) is 1. The number of benzene rings is 3. The molecule has 2 amide bonds. The van der Waals surface area contributed by atoms with E-state index in [0.717, 1.165) is 33.1 Å². The molecule has 5 nitrogen and oxygen atoms in total. The predicted octanol–water partition coefficient (Wildman–Crippen LogP) is 5.53. The molecule has 3 aromatic carbocycles. The summed E-state index contributed by atoms with van der Waals surface area (Å²) in [6, 6.07) is 24.8. The highest BCUT2D eigenvalue weighted by atomic mass is 127. The molecule has 6 heteroatoms. The smallest absolute Gasteiger partial charge is 0.261 e. The normalized spacial score (nSPS) is 11.5. The zero-order chi connectivity index (χ0) is 25.0. The third-order valence-corrected chi connectivity index (χ3v) is 6.43. The maximum atomic E-state index is 13.6. The molecule has 1 atom stereocenters. The van der Waals surface area contributed by atoms with Gasteiger partial charge < -0.3 is 15.0 Å². The number of unbranched alkanes of at least 4 members (excludes halogenated alkanes) is 1. The first kappa shape index (κ1) is 26.7. The Kier molecular flexibility index (Phi) is 10.6. The summed E-state index contributed by atoms with van der Waals surface area (Å²) in [7, 11) is 0. The lowest BCUT2D eigenvalue weighted by molar-refractivity contribution is -0.142. The number of carbonyl (C=O) groups is 2. The molecule has 0 heterocycles. The Morgan fingerprint density at radius 3 is 2.37 bits per heavy atom. The van der Waals surface area contributed by atoms with Gasteiger partial charge in [-0.25, -0.2) is 0 Å². The average molecular weight is 584 g/mol. The molecule has 0 saturated heterocycles. The van der Waals surface area contributed by atoms with Gasteiger partial charge in [-0.05, 0) is 71.3 Å². The van der Waals surface area contributed by atoms with Crippen LogP contribution < -0.4 is 10.1 Å². The van der Waals surface area contributed by atoms with Crippen molar-refractivity contribution in [2.45, 2.75) is 45.7 Å². The number of aryl methyl sites for hydroxylation is 1. The monoisotopic (exact) mass is 584 g/mol. The van der Waals surface area contributed by atoms with Gasteiger partial charge in [-0.1, -0.05) is 73.5 Å². The van der Waals surface area contributed by atoms with Gasteiger partial charge in [-0.15, -0.1) is 0 Å². The second-order valence-corrected chi connectivity index (χ2v) is 9.85. The maximum absolute atomic E-state index is 13.6. The number of nitrogens with zero attached hydrogens (tertiary/aromatic N) is 1. The van der Waals surface area contributed by atoms with Gasteiger partial charge >= 0.3 is 0 Å².